The highest BCUT2D eigenvalue weighted by atomic mass is 16.1. The van der Waals surface area contributed by atoms with Crippen molar-refractivity contribution in [1.29, 1.82) is 0 Å². The molecule has 0 aliphatic carbocycles. The fourth-order valence-corrected chi connectivity index (χ4v) is 1.88. The van der Waals surface area contributed by atoms with Crippen LogP contribution in [0.2, 0.25) is 0 Å². The zero-order chi connectivity index (χ0) is 12.3. The average Bonchev–Trinajstić information content (AvgIpc) is 2.37. The van der Waals surface area contributed by atoms with Crippen molar-refractivity contribution in [2.75, 3.05) is 0 Å². The third kappa shape index (κ3) is 2.68. The average molecular weight is 228 g/mol. The number of hydrogen-bond donors (Lipinski definition) is 1. The van der Waals surface area contributed by atoms with E-state index in [4.69, 9.17) is 5.73 Å². The minimum Gasteiger partial charge on any atom is -0.321 e. The minimum absolute atomic E-state index is 0.108. The Morgan fingerprint density at radius 3 is 3.00 bits per heavy atom. The molecule has 17 heavy (non-hydrogen) atoms. The van der Waals surface area contributed by atoms with E-state index >= 15 is 0 Å². The molecule has 2 aromatic rings. The molecular weight excluding hydrogens is 212 g/mol. The van der Waals surface area contributed by atoms with Crippen LogP contribution in [0.5, 0.6) is 0 Å². The number of nitrogens with zero attached hydrogens (tertiary/aromatic N) is 1. The van der Waals surface area contributed by atoms with Crippen LogP contribution in [0.25, 0.3) is 10.9 Å². The number of aromatic nitrogens is 1. The van der Waals surface area contributed by atoms with Crippen molar-refractivity contribution in [2.45, 2.75) is 25.8 Å². The van der Waals surface area contributed by atoms with Gasteiger partial charge in [0.15, 0.2) is 0 Å². The maximum atomic E-state index is 11.4. The highest BCUT2D eigenvalue weighted by molar-refractivity contribution is 5.84. The van der Waals surface area contributed by atoms with Crippen molar-refractivity contribution in [3.05, 3.63) is 42.1 Å². The van der Waals surface area contributed by atoms with E-state index in [1.54, 1.807) is 6.20 Å². The van der Waals surface area contributed by atoms with Gasteiger partial charge in [0.05, 0.1) is 11.6 Å². The number of carbonyl (C=O) groups is 1. The van der Waals surface area contributed by atoms with Gasteiger partial charge >= 0.3 is 0 Å². The molecule has 3 nitrogen and oxygen atoms in total. The van der Waals surface area contributed by atoms with Crippen LogP contribution in [-0.4, -0.2) is 16.8 Å². The molecule has 0 amide bonds. The topological polar surface area (TPSA) is 56.0 Å². The molecule has 3 heteroatoms. The molecule has 1 aromatic heterocycles. The minimum atomic E-state index is -0.394. The smallest absolute Gasteiger partial charge is 0.149 e. The standard InChI is InChI=1S/C14H16N2O/c1-2-14(17)12(15)9-10-5-6-13-11(8-10)4-3-7-16-13/h3-8,12H,2,9,15H2,1H3. The third-order valence-electron chi connectivity index (χ3n) is 2.89. The van der Waals surface area contributed by atoms with Gasteiger partial charge in [0.25, 0.3) is 0 Å². The molecule has 0 saturated carbocycles. The van der Waals surface area contributed by atoms with Gasteiger partial charge in [-0.1, -0.05) is 19.1 Å². The van der Waals surface area contributed by atoms with Crippen molar-refractivity contribution < 1.29 is 4.79 Å². The molecule has 1 aromatic carbocycles. The first-order chi connectivity index (χ1) is 8.20. The van der Waals surface area contributed by atoms with E-state index in [2.05, 4.69) is 4.98 Å². The molecule has 0 aliphatic heterocycles. The van der Waals surface area contributed by atoms with Crippen LogP contribution in [0, 0.1) is 0 Å². The van der Waals surface area contributed by atoms with Crippen molar-refractivity contribution in [2.24, 2.45) is 5.73 Å². The Hall–Kier alpha value is -1.74. The maximum absolute atomic E-state index is 11.4. The number of Topliss-reactive ketones (excluding diaryl/α,β-unsaturated/α-hetero) is 1. The third-order valence-corrected chi connectivity index (χ3v) is 2.89. The van der Waals surface area contributed by atoms with Crippen LogP contribution in [0.1, 0.15) is 18.9 Å². The van der Waals surface area contributed by atoms with Gasteiger partial charge in [-0.2, -0.15) is 0 Å². The number of rotatable bonds is 4. The summed E-state index contributed by atoms with van der Waals surface area (Å²) in [4.78, 5) is 15.7. The molecular formula is C14H16N2O. The van der Waals surface area contributed by atoms with Crippen LogP contribution < -0.4 is 5.73 Å². The number of pyridine rings is 1. The van der Waals surface area contributed by atoms with Gasteiger partial charge in [0.1, 0.15) is 5.78 Å². The summed E-state index contributed by atoms with van der Waals surface area (Å²) in [6.07, 6.45) is 2.86. The predicted molar refractivity (Wildman–Crippen MR) is 68.7 cm³/mol. The molecule has 0 saturated heterocycles. The van der Waals surface area contributed by atoms with Crippen molar-refractivity contribution >= 4 is 16.7 Å². The van der Waals surface area contributed by atoms with E-state index < -0.39 is 6.04 Å². The summed E-state index contributed by atoms with van der Waals surface area (Å²) >= 11 is 0. The van der Waals surface area contributed by atoms with Crippen molar-refractivity contribution in [3.8, 4) is 0 Å². The molecule has 0 aliphatic rings. The van der Waals surface area contributed by atoms with E-state index in [1.807, 2.05) is 37.3 Å². The molecule has 1 heterocycles. The predicted octanol–water partition coefficient (Wildman–Crippen LogP) is 2.08. The van der Waals surface area contributed by atoms with E-state index in [0.717, 1.165) is 16.5 Å². The molecule has 0 radical (unpaired) electrons. The fraction of sp³-hybridized carbons (Fsp3) is 0.286. The van der Waals surface area contributed by atoms with E-state index in [9.17, 15) is 4.79 Å². The summed E-state index contributed by atoms with van der Waals surface area (Å²) in [7, 11) is 0. The van der Waals surface area contributed by atoms with E-state index in [0.29, 0.717) is 12.8 Å². The highest BCUT2D eigenvalue weighted by Crippen LogP contribution is 2.14. The summed E-state index contributed by atoms with van der Waals surface area (Å²) in [5.74, 6) is 0.108. The lowest BCUT2D eigenvalue weighted by Gasteiger charge is -2.09. The van der Waals surface area contributed by atoms with Gasteiger partial charge in [0.2, 0.25) is 0 Å². The first-order valence-electron chi connectivity index (χ1n) is 5.82. The Morgan fingerprint density at radius 1 is 1.41 bits per heavy atom. The molecule has 1 unspecified atom stereocenters. The number of hydrogen-bond acceptors (Lipinski definition) is 3. The molecule has 1 atom stereocenters. The van der Waals surface area contributed by atoms with Gasteiger partial charge in [-0.3, -0.25) is 9.78 Å². The Balaban J connectivity index is 2.22. The maximum Gasteiger partial charge on any atom is 0.149 e. The zero-order valence-electron chi connectivity index (χ0n) is 9.89. The van der Waals surface area contributed by atoms with Crippen molar-refractivity contribution in [1.82, 2.24) is 4.98 Å². The summed E-state index contributed by atoms with van der Waals surface area (Å²) < 4.78 is 0. The largest absolute Gasteiger partial charge is 0.321 e. The number of fused-ring (bicyclic) bond motifs is 1. The molecule has 0 spiro atoms. The molecule has 2 N–H and O–H groups in total. The Labute approximate surface area is 101 Å². The van der Waals surface area contributed by atoms with Crippen LogP contribution in [0.3, 0.4) is 0 Å². The summed E-state index contributed by atoms with van der Waals surface area (Å²) in [5.41, 5.74) is 7.89. The monoisotopic (exact) mass is 228 g/mol. The van der Waals surface area contributed by atoms with Crippen molar-refractivity contribution in [3.63, 3.8) is 0 Å². The van der Waals surface area contributed by atoms with Crippen LogP contribution in [0.4, 0.5) is 0 Å². The van der Waals surface area contributed by atoms with Gasteiger partial charge < -0.3 is 5.73 Å². The van der Waals surface area contributed by atoms with Crippen LogP contribution in [-0.2, 0) is 11.2 Å². The molecule has 0 fully saturated rings. The fourth-order valence-electron chi connectivity index (χ4n) is 1.88. The second-order valence-corrected chi connectivity index (χ2v) is 4.16. The lowest BCUT2D eigenvalue weighted by atomic mass is 10.0. The lowest BCUT2D eigenvalue weighted by Crippen LogP contribution is -2.32. The van der Waals surface area contributed by atoms with Crippen LogP contribution in [0.15, 0.2) is 36.5 Å². The summed E-state index contributed by atoms with van der Waals surface area (Å²) in [6.45, 7) is 1.84. The van der Waals surface area contributed by atoms with E-state index in [-0.39, 0.29) is 5.78 Å². The summed E-state index contributed by atoms with van der Waals surface area (Å²) in [5, 5.41) is 1.08. The van der Waals surface area contributed by atoms with Gasteiger partial charge in [-0.25, -0.2) is 0 Å². The number of ketones is 1. The summed E-state index contributed by atoms with van der Waals surface area (Å²) in [6, 6.07) is 9.52. The van der Waals surface area contributed by atoms with Gasteiger partial charge in [-0.15, -0.1) is 0 Å². The highest BCUT2D eigenvalue weighted by Gasteiger charge is 2.11. The SMILES string of the molecule is CCC(=O)C(N)Cc1ccc2ncccc2c1. The van der Waals surface area contributed by atoms with Crippen LogP contribution >= 0.6 is 0 Å². The second kappa shape index (κ2) is 5.06. The van der Waals surface area contributed by atoms with E-state index in [1.165, 1.54) is 0 Å². The number of nitrogens with two attached hydrogens (primary N) is 1. The Bertz CT molecular complexity index is 536. The zero-order valence-corrected chi connectivity index (χ0v) is 9.89. The Morgan fingerprint density at radius 2 is 2.24 bits per heavy atom. The lowest BCUT2D eigenvalue weighted by molar-refractivity contribution is -0.119. The molecule has 88 valence electrons. The second-order valence-electron chi connectivity index (χ2n) is 4.16. The Kier molecular flexibility index (Phi) is 3.49. The first kappa shape index (κ1) is 11.7. The van der Waals surface area contributed by atoms with Gasteiger partial charge in [0, 0.05) is 18.0 Å². The molecule has 0 bridgehead atoms. The number of carbonyl (C=O) groups excluding carboxylic acids is 1. The quantitative estimate of drug-likeness (QED) is 0.871. The first-order valence-corrected chi connectivity index (χ1v) is 5.82. The number of benzene rings is 1. The van der Waals surface area contributed by atoms with Gasteiger partial charge in [-0.05, 0) is 30.2 Å². The normalized spacial score (nSPS) is 12.6. The molecule has 2 rings (SSSR count).